The zero-order valence-corrected chi connectivity index (χ0v) is 18.8. The number of guanidine groups is 1. The minimum atomic E-state index is 0.303. The Labute approximate surface area is 182 Å². The van der Waals surface area contributed by atoms with Gasteiger partial charge in [0.15, 0.2) is 5.96 Å². The molecule has 1 unspecified atom stereocenters. The predicted octanol–water partition coefficient (Wildman–Crippen LogP) is 3.64. The summed E-state index contributed by atoms with van der Waals surface area (Å²) in [5.41, 5.74) is 1.28. The number of aliphatic imine (C=N–C) groups is 1. The molecule has 6 nitrogen and oxygen atoms in total. The van der Waals surface area contributed by atoms with Crippen LogP contribution in [0.3, 0.4) is 0 Å². The van der Waals surface area contributed by atoms with Crippen molar-refractivity contribution in [3.8, 4) is 5.75 Å². The number of hydrogen-bond acceptors (Lipinski definition) is 4. The van der Waals surface area contributed by atoms with Crippen LogP contribution in [0.4, 0.5) is 0 Å². The van der Waals surface area contributed by atoms with Crippen molar-refractivity contribution in [2.45, 2.75) is 64.1 Å². The minimum Gasteiger partial charge on any atom is -0.494 e. The van der Waals surface area contributed by atoms with Crippen LogP contribution in [-0.2, 0) is 15.9 Å². The highest BCUT2D eigenvalue weighted by Gasteiger charge is 2.23. The summed E-state index contributed by atoms with van der Waals surface area (Å²) in [4.78, 5) is 6.84. The van der Waals surface area contributed by atoms with Crippen molar-refractivity contribution >= 4 is 5.96 Å². The van der Waals surface area contributed by atoms with Crippen LogP contribution in [0.25, 0.3) is 0 Å². The lowest BCUT2D eigenvalue weighted by Crippen LogP contribution is -2.47. The third-order valence-corrected chi connectivity index (χ3v) is 5.81. The summed E-state index contributed by atoms with van der Waals surface area (Å²) in [5.74, 6) is 1.95. The number of rotatable bonds is 9. The summed E-state index contributed by atoms with van der Waals surface area (Å²) in [6, 6.07) is 8.39. The molecule has 0 bridgehead atoms. The van der Waals surface area contributed by atoms with Gasteiger partial charge >= 0.3 is 0 Å². The van der Waals surface area contributed by atoms with Gasteiger partial charge in [0.25, 0.3) is 0 Å². The van der Waals surface area contributed by atoms with Crippen LogP contribution in [0, 0.1) is 0 Å². The first kappa shape index (κ1) is 22.9. The number of ether oxygens (including phenoxy) is 3. The number of benzene rings is 1. The lowest BCUT2D eigenvalue weighted by Gasteiger charge is -2.35. The number of likely N-dealkylation sites (tertiary alicyclic amines) is 1. The molecule has 3 rings (SSSR count). The molecule has 0 amide bonds. The number of piperidine rings is 1. The van der Waals surface area contributed by atoms with Gasteiger partial charge in [-0.2, -0.15) is 0 Å². The van der Waals surface area contributed by atoms with Gasteiger partial charge in [-0.15, -0.1) is 0 Å². The Morgan fingerprint density at radius 3 is 2.83 bits per heavy atom. The van der Waals surface area contributed by atoms with E-state index >= 15 is 0 Å². The van der Waals surface area contributed by atoms with Gasteiger partial charge in [-0.1, -0.05) is 19.1 Å². The molecule has 30 heavy (non-hydrogen) atoms. The third kappa shape index (κ3) is 7.47. The van der Waals surface area contributed by atoms with Crippen LogP contribution < -0.4 is 10.1 Å². The summed E-state index contributed by atoms with van der Waals surface area (Å²) in [6.45, 7) is 7.36. The zero-order valence-electron chi connectivity index (χ0n) is 18.8. The van der Waals surface area contributed by atoms with Gasteiger partial charge in [0.2, 0.25) is 0 Å². The summed E-state index contributed by atoms with van der Waals surface area (Å²) in [6.07, 6.45) is 8.32. The fourth-order valence-corrected chi connectivity index (χ4v) is 4.08. The predicted molar refractivity (Wildman–Crippen MR) is 121 cm³/mol. The molecule has 1 N–H and O–H groups in total. The first-order chi connectivity index (χ1) is 14.8. The van der Waals surface area contributed by atoms with Crippen LogP contribution in [0.2, 0.25) is 0 Å². The van der Waals surface area contributed by atoms with Crippen molar-refractivity contribution in [3.05, 3.63) is 29.8 Å². The Bertz CT molecular complexity index is 638. The molecule has 2 saturated heterocycles. The highest BCUT2D eigenvalue weighted by molar-refractivity contribution is 5.79. The Morgan fingerprint density at radius 1 is 1.23 bits per heavy atom. The molecule has 0 radical (unpaired) electrons. The molecule has 2 aliphatic rings. The summed E-state index contributed by atoms with van der Waals surface area (Å²) < 4.78 is 17.7. The van der Waals surface area contributed by atoms with Gasteiger partial charge in [-0.05, 0) is 62.6 Å². The summed E-state index contributed by atoms with van der Waals surface area (Å²) in [5, 5.41) is 3.52. The molecule has 0 aromatic heterocycles. The van der Waals surface area contributed by atoms with Crippen molar-refractivity contribution in [2.24, 2.45) is 4.99 Å². The second-order valence-corrected chi connectivity index (χ2v) is 8.23. The first-order valence-corrected chi connectivity index (χ1v) is 11.7. The molecule has 2 fully saturated rings. The van der Waals surface area contributed by atoms with Crippen LogP contribution in [0.1, 0.15) is 51.0 Å². The van der Waals surface area contributed by atoms with Crippen molar-refractivity contribution in [3.63, 3.8) is 0 Å². The third-order valence-electron chi connectivity index (χ3n) is 5.81. The van der Waals surface area contributed by atoms with Crippen LogP contribution in [0.5, 0.6) is 5.75 Å². The van der Waals surface area contributed by atoms with Crippen LogP contribution in [-0.4, -0.2) is 69.6 Å². The Morgan fingerprint density at radius 2 is 2.10 bits per heavy atom. The maximum Gasteiger partial charge on any atom is 0.193 e. The summed E-state index contributed by atoms with van der Waals surface area (Å²) in [7, 11) is 1.87. The van der Waals surface area contributed by atoms with E-state index in [9.17, 15) is 0 Å². The lowest BCUT2D eigenvalue weighted by atomic mass is 10.1. The van der Waals surface area contributed by atoms with Crippen molar-refractivity contribution < 1.29 is 14.2 Å². The molecule has 1 atom stereocenters. The standard InChI is InChI=1S/C24H39N3O3/c1-3-16-28-22-9-6-7-20(18-22)10-13-26-24(25-2)27-14-11-21(12-15-27)30-19-23-8-4-5-17-29-23/h6-7,9,18,21,23H,3-5,8,10-17,19H2,1-2H3,(H,25,26). The van der Waals surface area contributed by atoms with E-state index in [0.29, 0.717) is 12.2 Å². The fraction of sp³-hybridized carbons (Fsp3) is 0.708. The Kier molecular flexibility index (Phi) is 9.77. The molecule has 168 valence electrons. The molecular weight excluding hydrogens is 378 g/mol. The number of hydrogen-bond donors (Lipinski definition) is 1. The highest BCUT2D eigenvalue weighted by atomic mass is 16.5. The van der Waals surface area contributed by atoms with Gasteiger partial charge in [-0.25, -0.2) is 0 Å². The van der Waals surface area contributed by atoms with E-state index in [4.69, 9.17) is 14.2 Å². The Balaban J connectivity index is 1.35. The van der Waals surface area contributed by atoms with Crippen molar-refractivity contribution in [1.29, 1.82) is 0 Å². The van der Waals surface area contributed by atoms with E-state index in [1.54, 1.807) is 0 Å². The largest absolute Gasteiger partial charge is 0.494 e. The molecule has 2 aliphatic heterocycles. The molecule has 6 heteroatoms. The first-order valence-electron chi connectivity index (χ1n) is 11.7. The van der Waals surface area contributed by atoms with Gasteiger partial charge in [0, 0.05) is 33.3 Å². The molecule has 0 aliphatic carbocycles. The van der Waals surface area contributed by atoms with E-state index in [2.05, 4.69) is 40.3 Å². The SMILES string of the molecule is CCCOc1cccc(CCNC(=NC)N2CCC(OCC3CCCCO3)CC2)c1. The maximum absolute atomic E-state index is 6.14. The van der Waals surface area contributed by atoms with E-state index in [-0.39, 0.29) is 0 Å². The molecule has 0 saturated carbocycles. The second-order valence-electron chi connectivity index (χ2n) is 8.23. The minimum absolute atomic E-state index is 0.303. The number of nitrogens with zero attached hydrogens (tertiary/aromatic N) is 2. The van der Waals surface area contributed by atoms with Gasteiger partial charge in [0.1, 0.15) is 5.75 Å². The van der Waals surface area contributed by atoms with E-state index < -0.39 is 0 Å². The zero-order chi connectivity index (χ0) is 21.0. The monoisotopic (exact) mass is 417 g/mol. The lowest BCUT2D eigenvalue weighted by molar-refractivity contribution is -0.0721. The normalized spacial score (nSPS) is 20.9. The quantitative estimate of drug-likeness (QED) is 0.491. The fourth-order valence-electron chi connectivity index (χ4n) is 4.08. The van der Waals surface area contributed by atoms with Gasteiger partial charge < -0.3 is 24.4 Å². The van der Waals surface area contributed by atoms with Gasteiger partial charge in [0.05, 0.1) is 25.4 Å². The molecule has 0 spiro atoms. The van der Waals surface area contributed by atoms with Crippen molar-refractivity contribution in [1.82, 2.24) is 10.2 Å². The average Bonchev–Trinajstić information content (AvgIpc) is 2.80. The van der Waals surface area contributed by atoms with E-state index in [0.717, 1.165) is 83.3 Å². The van der Waals surface area contributed by atoms with E-state index in [1.807, 2.05) is 13.1 Å². The molecular formula is C24H39N3O3. The molecule has 1 aromatic rings. The topological polar surface area (TPSA) is 55.3 Å². The van der Waals surface area contributed by atoms with Crippen molar-refractivity contribution in [2.75, 3.05) is 46.5 Å². The molecule has 1 aromatic carbocycles. The number of nitrogens with one attached hydrogen (secondary N) is 1. The van der Waals surface area contributed by atoms with Gasteiger partial charge in [-0.3, -0.25) is 4.99 Å². The summed E-state index contributed by atoms with van der Waals surface area (Å²) >= 11 is 0. The maximum atomic E-state index is 6.14. The van der Waals surface area contributed by atoms with E-state index in [1.165, 1.54) is 18.4 Å². The highest BCUT2D eigenvalue weighted by Crippen LogP contribution is 2.18. The van der Waals surface area contributed by atoms with Crippen LogP contribution >= 0.6 is 0 Å². The molecule has 2 heterocycles. The van der Waals surface area contributed by atoms with Crippen LogP contribution in [0.15, 0.2) is 29.3 Å². The second kappa shape index (κ2) is 12.8. The Hall–Kier alpha value is -1.79. The average molecular weight is 418 g/mol. The smallest absolute Gasteiger partial charge is 0.193 e.